The Balaban J connectivity index is 2.38. The van der Waals surface area contributed by atoms with Gasteiger partial charge in [-0.05, 0) is 37.3 Å². The first-order valence-electron chi connectivity index (χ1n) is 7.27. The summed E-state index contributed by atoms with van der Waals surface area (Å²) in [4.78, 5) is 12.5. The minimum absolute atomic E-state index is 0.151. The number of aromatic nitrogens is 2. The lowest BCUT2D eigenvalue weighted by molar-refractivity contribution is 0.415. The summed E-state index contributed by atoms with van der Waals surface area (Å²) in [7, 11) is 1.57. The highest BCUT2D eigenvalue weighted by molar-refractivity contribution is 5.94. The van der Waals surface area contributed by atoms with Crippen molar-refractivity contribution in [3.05, 3.63) is 58.4 Å². The summed E-state index contributed by atoms with van der Waals surface area (Å²) < 4.78 is 6.65. The highest BCUT2D eigenvalue weighted by atomic mass is 16.5. The third-order valence-electron chi connectivity index (χ3n) is 3.73. The normalized spacial score (nSPS) is 10.5. The van der Waals surface area contributed by atoms with E-state index in [1.807, 2.05) is 25.1 Å². The van der Waals surface area contributed by atoms with Gasteiger partial charge in [0.25, 0.3) is 5.56 Å². The van der Waals surface area contributed by atoms with E-state index in [4.69, 9.17) is 10.00 Å². The van der Waals surface area contributed by atoms with Gasteiger partial charge in [-0.25, -0.2) is 4.68 Å². The zero-order chi connectivity index (χ0) is 16.4. The van der Waals surface area contributed by atoms with Gasteiger partial charge >= 0.3 is 0 Å². The molecule has 0 N–H and O–H groups in total. The van der Waals surface area contributed by atoms with E-state index in [1.165, 1.54) is 4.68 Å². The average Bonchev–Trinajstić information content (AvgIpc) is 2.62. The molecule has 0 amide bonds. The lowest BCUT2D eigenvalue weighted by Crippen LogP contribution is -2.23. The first-order chi connectivity index (χ1) is 11.2. The molecule has 0 aliphatic rings. The van der Waals surface area contributed by atoms with Gasteiger partial charge < -0.3 is 4.74 Å². The Labute approximate surface area is 133 Å². The summed E-state index contributed by atoms with van der Waals surface area (Å²) in [6, 6.07) is 14.7. The van der Waals surface area contributed by atoms with Gasteiger partial charge in [-0.3, -0.25) is 4.79 Å². The number of rotatable bonds is 3. The maximum atomic E-state index is 12.5. The van der Waals surface area contributed by atoms with E-state index in [1.54, 1.807) is 31.4 Å². The van der Waals surface area contributed by atoms with Crippen LogP contribution in [0, 0.1) is 11.3 Å². The number of methoxy groups -OCH3 is 1. The van der Waals surface area contributed by atoms with Gasteiger partial charge in [-0.2, -0.15) is 10.4 Å². The highest BCUT2D eigenvalue weighted by Crippen LogP contribution is 2.27. The predicted octanol–water partition coefficient (Wildman–Crippen LogP) is 2.96. The van der Waals surface area contributed by atoms with Crippen molar-refractivity contribution in [2.24, 2.45) is 0 Å². The van der Waals surface area contributed by atoms with Crippen molar-refractivity contribution < 1.29 is 4.74 Å². The molecule has 5 heteroatoms. The molecule has 0 radical (unpaired) electrons. The van der Waals surface area contributed by atoms with Crippen LogP contribution in [-0.2, 0) is 6.54 Å². The molecule has 1 aromatic heterocycles. The van der Waals surface area contributed by atoms with E-state index >= 15 is 0 Å². The molecule has 114 valence electrons. The maximum absolute atomic E-state index is 12.5. The Morgan fingerprint density at radius 1 is 1.22 bits per heavy atom. The number of ether oxygens (including phenoxy) is 1. The third kappa shape index (κ3) is 2.55. The summed E-state index contributed by atoms with van der Waals surface area (Å²) in [5.74, 6) is 0.625. The van der Waals surface area contributed by atoms with E-state index in [0.29, 0.717) is 28.9 Å². The van der Waals surface area contributed by atoms with Crippen LogP contribution in [0.25, 0.3) is 22.0 Å². The van der Waals surface area contributed by atoms with Crippen molar-refractivity contribution in [3.63, 3.8) is 0 Å². The number of aryl methyl sites for hydroxylation is 1. The molecular weight excluding hydrogens is 290 g/mol. The fourth-order valence-corrected chi connectivity index (χ4v) is 2.56. The second kappa shape index (κ2) is 5.93. The Bertz CT molecular complexity index is 984. The minimum atomic E-state index is -0.151. The van der Waals surface area contributed by atoms with Crippen LogP contribution in [0.3, 0.4) is 0 Å². The summed E-state index contributed by atoms with van der Waals surface area (Å²) in [6.07, 6.45) is 0. The summed E-state index contributed by atoms with van der Waals surface area (Å²) in [5, 5.41) is 14.9. The van der Waals surface area contributed by atoms with Crippen LogP contribution in [-0.4, -0.2) is 16.9 Å². The number of hydrogen-bond donors (Lipinski definition) is 0. The first-order valence-corrected chi connectivity index (χ1v) is 7.27. The Morgan fingerprint density at radius 3 is 2.74 bits per heavy atom. The number of benzene rings is 2. The molecule has 0 aliphatic heterocycles. The zero-order valence-electron chi connectivity index (χ0n) is 12.9. The van der Waals surface area contributed by atoms with E-state index in [-0.39, 0.29) is 5.56 Å². The molecule has 1 heterocycles. The second-order valence-corrected chi connectivity index (χ2v) is 5.07. The summed E-state index contributed by atoms with van der Waals surface area (Å²) in [5.41, 5.74) is 1.89. The fourth-order valence-electron chi connectivity index (χ4n) is 2.56. The van der Waals surface area contributed by atoms with Crippen LogP contribution in [0.2, 0.25) is 0 Å². The van der Waals surface area contributed by atoms with Crippen molar-refractivity contribution in [3.8, 4) is 23.1 Å². The Morgan fingerprint density at radius 2 is 2.04 bits per heavy atom. The second-order valence-electron chi connectivity index (χ2n) is 5.07. The standard InChI is InChI=1S/C18H15N3O2/c1-3-21-18(22)16-10-14(23-2)7-8-15(16)17(20-21)13-6-4-5-12(9-13)11-19/h4-10H,3H2,1-2H3. The number of nitriles is 1. The predicted molar refractivity (Wildman–Crippen MR) is 88.4 cm³/mol. The van der Waals surface area contributed by atoms with Crippen molar-refractivity contribution in [2.45, 2.75) is 13.5 Å². The van der Waals surface area contributed by atoms with Gasteiger partial charge in [-0.15, -0.1) is 0 Å². The van der Waals surface area contributed by atoms with Crippen molar-refractivity contribution >= 4 is 10.8 Å². The zero-order valence-corrected chi connectivity index (χ0v) is 12.9. The molecule has 2 aromatic carbocycles. The van der Waals surface area contributed by atoms with Gasteiger partial charge in [-0.1, -0.05) is 12.1 Å². The fraction of sp³-hybridized carbons (Fsp3) is 0.167. The average molecular weight is 305 g/mol. The monoisotopic (exact) mass is 305 g/mol. The molecule has 0 saturated heterocycles. The molecule has 0 fully saturated rings. The van der Waals surface area contributed by atoms with Crippen molar-refractivity contribution in [1.82, 2.24) is 9.78 Å². The first kappa shape index (κ1) is 14.8. The molecule has 0 saturated carbocycles. The minimum Gasteiger partial charge on any atom is -0.497 e. The molecule has 23 heavy (non-hydrogen) atoms. The SMILES string of the molecule is CCn1nc(-c2cccc(C#N)c2)c2ccc(OC)cc2c1=O. The quantitative estimate of drug-likeness (QED) is 0.746. The van der Waals surface area contributed by atoms with E-state index in [2.05, 4.69) is 11.2 Å². The van der Waals surface area contributed by atoms with Crippen LogP contribution < -0.4 is 10.3 Å². The number of nitrogens with zero attached hydrogens (tertiary/aromatic N) is 3. The molecule has 0 spiro atoms. The number of hydrogen-bond acceptors (Lipinski definition) is 4. The van der Waals surface area contributed by atoms with Gasteiger partial charge in [0.2, 0.25) is 0 Å². The van der Waals surface area contributed by atoms with E-state index in [9.17, 15) is 4.79 Å². The Hall–Kier alpha value is -3.13. The van der Waals surface area contributed by atoms with Crippen molar-refractivity contribution in [2.75, 3.05) is 7.11 Å². The van der Waals surface area contributed by atoms with Crippen LogP contribution in [0.1, 0.15) is 12.5 Å². The van der Waals surface area contributed by atoms with Crippen LogP contribution in [0.5, 0.6) is 5.75 Å². The summed E-state index contributed by atoms with van der Waals surface area (Å²) >= 11 is 0. The van der Waals surface area contributed by atoms with E-state index in [0.717, 1.165) is 10.9 Å². The number of fused-ring (bicyclic) bond motifs is 1. The highest BCUT2D eigenvalue weighted by Gasteiger charge is 2.13. The van der Waals surface area contributed by atoms with Gasteiger partial charge in [0.1, 0.15) is 5.75 Å². The lowest BCUT2D eigenvalue weighted by atomic mass is 10.0. The molecule has 0 unspecified atom stereocenters. The topological polar surface area (TPSA) is 67.9 Å². The van der Waals surface area contributed by atoms with Crippen molar-refractivity contribution in [1.29, 1.82) is 5.26 Å². The van der Waals surface area contributed by atoms with Gasteiger partial charge in [0.05, 0.1) is 29.8 Å². The lowest BCUT2D eigenvalue weighted by Gasteiger charge is -2.11. The largest absolute Gasteiger partial charge is 0.497 e. The molecule has 0 atom stereocenters. The van der Waals surface area contributed by atoms with Crippen LogP contribution >= 0.6 is 0 Å². The maximum Gasteiger partial charge on any atom is 0.274 e. The van der Waals surface area contributed by atoms with Crippen LogP contribution in [0.4, 0.5) is 0 Å². The summed E-state index contributed by atoms with van der Waals surface area (Å²) in [6.45, 7) is 2.34. The molecule has 5 nitrogen and oxygen atoms in total. The molecule has 3 rings (SSSR count). The van der Waals surface area contributed by atoms with Gasteiger partial charge in [0, 0.05) is 17.5 Å². The molecule has 3 aromatic rings. The Kier molecular flexibility index (Phi) is 3.82. The smallest absolute Gasteiger partial charge is 0.274 e. The van der Waals surface area contributed by atoms with Crippen LogP contribution in [0.15, 0.2) is 47.3 Å². The molecule has 0 bridgehead atoms. The molecular formula is C18H15N3O2. The van der Waals surface area contributed by atoms with Gasteiger partial charge in [0.15, 0.2) is 0 Å². The third-order valence-corrected chi connectivity index (χ3v) is 3.73. The van der Waals surface area contributed by atoms with E-state index < -0.39 is 0 Å². The molecule has 0 aliphatic carbocycles.